The zero-order valence-electron chi connectivity index (χ0n) is 14.7. The molecular weight excluding hydrogens is 361 g/mol. The third kappa shape index (κ3) is 3.99. The Morgan fingerprint density at radius 3 is 2.65 bits per heavy atom. The van der Waals surface area contributed by atoms with E-state index in [0.29, 0.717) is 17.9 Å². The Labute approximate surface area is 154 Å². The molecule has 138 valence electrons. The maximum absolute atomic E-state index is 12.9. The first-order valence-electron chi connectivity index (χ1n) is 8.13. The van der Waals surface area contributed by atoms with Crippen molar-refractivity contribution >= 4 is 11.3 Å². The number of halogens is 3. The van der Waals surface area contributed by atoms with Gasteiger partial charge in [0.15, 0.2) is 0 Å². The summed E-state index contributed by atoms with van der Waals surface area (Å²) in [7, 11) is 1.99. The second kappa shape index (κ2) is 7.25. The number of aromatic nitrogens is 1. The van der Waals surface area contributed by atoms with Crippen LogP contribution in [-0.4, -0.2) is 16.9 Å². The number of oxazole rings is 1. The molecule has 0 aliphatic carbocycles. The van der Waals surface area contributed by atoms with Gasteiger partial charge in [0.05, 0.1) is 11.3 Å². The summed E-state index contributed by atoms with van der Waals surface area (Å²) < 4.78 is 44.4. The van der Waals surface area contributed by atoms with Crippen LogP contribution < -0.4 is 0 Å². The molecule has 0 aliphatic rings. The first kappa shape index (κ1) is 18.7. The molecule has 2 aromatic heterocycles. The van der Waals surface area contributed by atoms with Crippen molar-refractivity contribution in [3.05, 3.63) is 63.7 Å². The Hall–Kier alpha value is -2.12. The minimum atomic E-state index is -4.39. The van der Waals surface area contributed by atoms with Crippen LogP contribution in [0.4, 0.5) is 13.2 Å². The average molecular weight is 380 g/mol. The highest BCUT2D eigenvalue weighted by molar-refractivity contribution is 7.10. The number of nitrogens with zero attached hydrogens (tertiary/aromatic N) is 2. The van der Waals surface area contributed by atoms with Gasteiger partial charge >= 0.3 is 6.18 Å². The third-order valence-corrected chi connectivity index (χ3v) is 5.39. The Bertz CT molecular complexity index is 871. The summed E-state index contributed by atoms with van der Waals surface area (Å²) >= 11 is 1.69. The normalized spacial score (nSPS) is 13.3. The van der Waals surface area contributed by atoms with Crippen LogP contribution >= 0.6 is 11.3 Å². The van der Waals surface area contributed by atoms with Gasteiger partial charge in [0.1, 0.15) is 5.76 Å². The minimum Gasteiger partial charge on any atom is -0.441 e. The lowest BCUT2D eigenvalue weighted by molar-refractivity contribution is -0.137. The molecule has 0 fully saturated rings. The van der Waals surface area contributed by atoms with Gasteiger partial charge in [-0.2, -0.15) is 13.2 Å². The summed E-state index contributed by atoms with van der Waals surface area (Å²) in [5, 5.41) is 2.03. The van der Waals surface area contributed by atoms with E-state index in [-0.39, 0.29) is 11.9 Å². The van der Waals surface area contributed by atoms with Gasteiger partial charge < -0.3 is 4.42 Å². The summed E-state index contributed by atoms with van der Waals surface area (Å²) in [6.45, 7) is 4.44. The molecule has 1 unspecified atom stereocenters. The molecule has 0 amide bonds. The van der Waals surface area contributed by atoms with E-state index in [2.05, 4.69) is 22.9 Å². The smallest absolute Gasteiger partial charge is 0.416 e. The predicted molar refractivity (Wildman–Crippen MR) is 95.9 cm³/mol. The average Bonchev–Trinajstić information content (AvgIpc) is 3.24. The van der Waals surface area contributed by atoms with Crippen LogP contribution in [0, 0.1) is 6.92 Å². The summed E-state index contributed by atoms with van der Waals surface area (Å²) in [6.07, 6.45) is -4.39. The van der Waals surface area contributed by atoms with Crippen molar-refractivity contribution in [3.8, 4) is 11.5 Å². The Morgan fingerprint density at radius 1 is 1.23 bits per heavy atom. The van der Waals surface area contributed by atoms with Gasteiger partial charge in [-0.05, 0) is 50.5 Å². The molecule has 1 aromatic carbocycles. The number of benzene rings is 1. The highest BCUT2D eigenvalue weighted by atomic mass is 32.1. The zero-order valence-corrected chi connectivity index (χ0v) is 15.5. The lowest BCUT2D eigenvalue weighted by Gasteiger charge is -2.22. The molecule has 1 atom stereocenters. The summed E-state index contributed by atoms with van der Waals surface area (Å²) in [4.78, 5) is 7.81. The standard InChI is InChI=1S/C19H19F3N2OS/c1-12(17-8-5-9-26-17)24(3)11-16-13(2)25-18(23-16)14-6-4-7-15(10-14)19(20,21)22/h4-10,12H,11H2,1-3H3. The highest BCUT2D eigenvalue weighted by Crippen LogP contribution is 2.33. The summed E-state index contributed by atoms with van der Waals surface area (Å²) in [5.41, 5.74) is 0.335. The van der Waals surface area contributed by atoms with Gasteiger partial charge in [0.2, 0.25) is 5.89 Å². The molecule has 0 spiro atoms. The van der Waals surface area contributed by atoms with Crippen molar-refractivity contribution in [2.45, 2.75) is 32.6 Å². The molecule has 3 nitrogen and oxygen atoms in total. The summed E-state index contributed by atoms with van der Waals surface area (Å²) in [6, 6.07) is 9.34. The van der Waals surface area contributed by atoms with E-state index in [1.54, 1.807) is 24.3 Å². The number of alkyl halides is 3. The van der Waals surface area contributed by atoms with E-state index in [4.69, 9.17) is 4.42 Å². The fraction of sp³-hybridized carbons (Fsp3) is 0.316. The van der Waals surface area contributed by atoms with E-state index in [9.17, 15) is 13.2 Å². The Balaban J connectivity index is 1.81. The molecule has 26 heavy (non-hydrogen) atoms. The van der Waals surface area contributed by atoms with Gasteiger partial charge in [-0.3, -0.25) is 4.90 Å². The summed E-state index contributed by atoms with van der Waals surface area (Å²) in [5.74, 6) is 0.823. The molecule has 3 aromatic rings. The van der Waals surface area contributed by atoms with Crippen LogP contribution in [0.25, 0.3) is 11.5 Å². The third-order valence-electron chi connectivity index (χ3n) is 4.34. The first-order chi connectivity index (χ1) is 12.3. The molecule has 0 bridgehead atoms. The number of rotatable bonds is 5. The van der Waals surface area contributed by atoms with Crippen LogP contribution in [0.3, 0.4) is 0 Å². The molecule has 0 N–H and O–H groups in total. The highest BCUT2D eigenvalue weighted by Gasteiger charge is 2.31. The van der Waals surface area contributed by atoms with Crippen LogP contribution in [0.2, 0.25) is 0 Å². The van der Waals surface area contributed by atoms with Gasteiger partial charge in [-0.1, -0.05) is 12.1 Å². The van der Waals surface area contributed by atoms with Crippen molar-refractivity contribution in [3.63, 3.8) is 0 Å². The van der Waals surface area contributed by atoms with E-state index < -0.39 is 11.7 Å². The van der Waals surface area contributed by atoms with Crippen molar-refractivity contribution in [2.75, 3.05) is 7.05 Å². The molecule has 0 saturated carbocycles. The number of thiophene rings is 1. The molecule has 7 heteroatoms. The van der Waals surface area contributed by atoms with Gasteiger partial charge in [0.25, 0.3) is 0 Å². The maximum atomic E-state index is 12.9. The van der Waals surface area contributed by atoms with Crippen LogP contribution in [0.15, 0.2) is 46.2 Å². The van der Waals surface area contributed by atoms with Gasteiger partial charge in [0, 0.05) is 23.0 Å². The second-order valence-corrected chi connectivity index (χ2v) is 7.19. The fourth-order valence-corrected chi connectivity index (χ4v) is 3.49. The number of hydrogen-bond acceptors (Lipinski definition) is 4. The largest absolute Gasteiger partial charge is 0.441 e. The molecular formula is C19H19F3N2OS. The molecule has 0 saturated heterocycles. The number of hydrogen-bond donors (Lipinski definition) is 0. The van der Waals surface area contributed by atoms with Crippen molar-refractivity contribution in [2.24, 2.45) is 0 Å². The monoisotopic (exact) mass is 380 g/mol. The Morgan fingerprint density at radius 2 is 2.00 bits per heavy atom. The van der Waals surface area contributed by atoms with Crippen molar-refractivity contribution in [1.29, 1.82) is 0 Å². The molecule has 3 rings (SSSR count). The maximum Gasteiger partial charge on any atom is 0.416 e. The minimum absolute atomic E-state index is 0.209. The van der Waals surface area contributed by atoms with Crippen LogP contribution in [-0.2, 0) is 12.7 Å². The van der Waals surface area contributed by atoms with E-state index in [0.717, 1.165) is 17.8 Å². The van der Waals surface area contributed by atoms with Crippen LogP contribution in [0.1, 0.15) is 34.9 Å². The first-order valence-corrected chi connectivity index (χ1v) is 9.01. The second-order valence-electron chi connectivity index (χ2n) is 6.21. The Kier molecular flexibility index (Phi) is 5.20. The predicted octanol–water partition coefficient (Wildman–Crippen LogP) is 5.92. The van der Waals surface area contributed by atoms with E-state index in [1.165, 1.54) is 10.9 Å². The quantitative estimate of drug-likeness (QED) is 0.550. The molecule has 2 heterocycles. The lowest BCUT2D eigenvalue weighted by Crippen LogP contribution is -2.21. The van der Waals surface area contributed by atoms with Gasteiger partial charge in [-0.25, -0.2) is 4.98 Å². The zero-order chi connectivity index (χ0) is 18.9. The van der Waals surface area contributed by atoms with Gasteiger partial charge in [-0.15, -0.1) is 11.3 Å². The van der Waals surface area contributed by atoms with E-state index in [1.807, 2.05) is 18.5 Å². The number of aryl methyl sites for hydroxylation is 1. The van der Waals surface area contributed by atoms with Crippen molar-refractivity contribution in [1.82, 2.24) is 9.88 Å². The van der Waals surface area contributed by atoms with Crippen LogP contribution in [0.5, 0.6) is 0 Å². The topological polar surface area (TPSA) is 29.3 Å². The van der Waals surface area contributed by atoms with E-state index >= 15 is 0 Å². The SMILES string of the molecule is Cc1oc(-c2cccc(C(F)(F)F)c2)nc1CN(C)C(C)c1cccs1. The molecule has 0 radical (unpaired) electrons. The van der Waals surface area contributed by atoms with Crippen molar-refractivity contribution < 1.29 is 17.6 Å². The fourth-order valence-electron chi connectivity index (χ4n) is 2.65. The lowest BCUT2D eigenvalue weighted by atomic mass is 10.1. The molecule has 0 aliphatic heterocycles.